The molecule has 126 valence electrons. The van der Waals surface area contributed by atoms with Gasteiger partial charge in [-0.1, -0.05) is 43.0 Å². The summed E-state index contributed by atoms with van der Waals surface area (Å²) in [6.45, 7) is 2.39. The predicted octanol–water partition coefficient (Wildman–Crippen LogP) is 3.36. The Labute approximate surface area is 138 Å². The summed E-state index contributed by atoms with van der Waals surface area (Å²) in [6.07, 6.45) is 7.87. The van der Waals surface area contributed by atoms with Crippen LogP contribution >= 0.6 is 0 Å². The number of hydrogen-bond acceptors (Lipinski definition) is 3. The van der Waals surface area contributed by atoms with Gasteiger partial charge < -0.3 is 5.11 Å². The topological polar surface area (TPSA) is 57.6 Å². The molecule has 0 saturated heterocycles. The van der Waals surface area contributed by atoms with Crippen molar-refractivity contribution in [2.24, 2.45) is 0 Å². The van der Waals surface area contributed by atoms with Crippen LogP contribution in [0.3, 0.4) is 0 Å². The average molecular weight is 335 g/mol. The molecule has 1 heterocycles. The van der Waals surface area contributed by atoms with Crippen LogP contribution in [-0.4, -0.2) is 30.0 Å². The van der Waals surface area contributed by atoms with Crippen molar-refractivity contribution in [1.82, 2.24) is 4.31 Å². The molecule has 4 nitrogen and oxygen atoms in total. The molecule has 0 spiro atoms. The third-order valence-electron chi connectivity index (χ3n) is 4.94. The van der Waals surface area contributed by atoms with Gasteiger partial charge in [0.15, 0.2) is 0 Å². The van der Waals surface area contributed by atoms with Gasteiger partial charge in [-0.05, 0) is 44.7 Å². The lowest BCUT2D eigenvalue weighted by molar-refractivity contribution is 0.0210. The molecule has 0 atom stereocenters. The van der Waals surface area contributed by atoms with Gasteiger partial charge in [0.2, 0.25) is 0 Å². The molecule has 1 aliphatic heterocycles. The number of benzene rings is 1. The smallest absolute Gasteiger partial charge is 0.264 e. The van der Waals surface area contributed by atoms with E-state index in [0.717, 1.165) is 37.7 Å². The van der Waals surface area contributed by atoms with Gasteiger partial charge >= 0.3 is 0 Å². The molecule has 1 saturated carbocycles. The highest BCUT2D eigenvalue weighted by Crippen LogP contribution is 2.39. The average Bonchev–Trinajstić information content (AvgIpc) is 2.56. The van der Waals surface area contributed by atoms with Crippen molar-refractivity contribution in [3.63, 3.8) is 0 Å². The van der Waals surface area contributed by atoms with Gasteiger partial charge in [0.05, 0.1) is 10.6 Å². The van der Waals surface area contributed by atoms with Gasteiger partial charge in [-0.25, -0.2) is 8.42 Å². The molecule has 2 aliphatic rings. The minimum Gasteiger partial charge on any atom is -0.384 e. The summed E-state index contributed by atoms with van der Waals surface area (Å²) in [6, 6.07) is 6.94. The van der Waals surface area contributed by atoms with E-state index >= 15 is 0 Å². The predicted molar refractivity (Wildman–Crippen MR) is 90.4 cm³/mol. The molecule has 5 heteroatoms. The Morgan fingerprint density at radius 3 is 2.35 bits per heavy atom. The number of hydrogen-bond donors (Lipinski definition) is 1. The maximum Gasteiger partial charge on any atom is 0.264 e. The molecule has 1 N–H and O–H groups in total. The van der Waals surface area contributed by atoms with Crippen LogP contribution in [0.2, 0.25) is 0 Å². The highest BCUT2D eigenvalue weighted by molar-refractivity contribution is 7.89. The minimum absolute atomic E-state index is 0.301. The highest BCUT2D eigenvalue weighted by Gasteiger charge is 2.41. The number of aryl methyl sites for hydroxylation is 1. The van der Waals surface area contributed by atoms with E-state index < -0.39 is 15.6 Å². The molecule has 0 aromatic heterocycles. The maximum absolute atomic E-state index is 13.1. The minimum atomic E-state index is -3.61. The number of rotatable bonds is 3. The lowest BCUT2D eigenvalue weighted by Gasteiger charge is -2.41. The van der Waals surface area contributed by atoms with E-state index in [1.54, 1.807) is 12.1 Å². The molecule has 0 bridgehead atoms. The zero-order chi connectivity index (χ0) is 16.5. The lowest BCUT2D eigenvalue weighted by atomic mass is 9.81. The molecule has 0 radical (unpaired) electrons. The van der Waals surface area contributed by atoms with Gasteiger partial charge in [0.25, 0.3) is 10.0 Å². The largest absolute Gasteiger partial charge is 0.384 e. The number of aliphatic hydroxyl groups is 1. The van der Waals surface area contributed by atoms with Gasteiger partial charge in [0.1, 0.15) is 5.60 Å². The Morgan fingerprint density at radius 1 is 1.04 bits per heavy atom. The SMILES string of the molecule is Cc1ccc(S(=O)(=O)N2CCCC=C2C2(O)CCCCC2)cc1. The van der Waals surface area contributed by atoms with Gasteiger partial charge in [-0.15, -0.1) is 0 Å². The quantitative estimate of drug-likeness (QED) is 0.921. The van der Waals surface area contributed by atoms with Crippen LogP contribution in [0.4, 0.5) is 0 Å². The van der Waals surface area contributed by atoms with Crippen molar-refractivity contribution < 1.29 is 13.5 Å². The van der Waals surface area contributed by atoms with E-state index in [1.165, 1.54) is 4.31 Å². The normalized spacial score (nSPS) is 21.8. The van der Waals surface area contributed by atoms with Crippen LogP contribution < -0.4 is 0 Å². The Hall–Kier alpha value is -1.33. The first-order chi connectivity index (χ1) is 10.9. The van der Waals surface area contributed by atoms with Gasteiger partial charge in [0, 0.05) is 6.54 Å². The fourth-order valence-corrected chi connectivity index (χ4v) is 5.21. The molecule has 1 aliphatic carbocycles. The van der Waals surface area contributed by atoms with E-state index in [1.807, 2.05) is 25.1 Å². The summed E-state index contributed by atoms with van der Waals surface area (Å²) in [5.41, 5.74) is 0.643. The molecule has 3 rings (SSSR count). The fourth-order valence-electron chi connectivity index (χ4n) is 3.60. The van der Waals surface area contributed by atoms with Crippen molar-refractivity contribution in [2.45, 2.75) is 62.4 Å². The number of allylic oxidation sites excluding steroid dienone is 1. The van der Waals surface area contributed by atoms with E-state index in [4.69, 9.17) is 0 Å². The van der Waals surface area contributed by atoms with Crippen LogP contribution in [0.25, 0.3) is 0 Å². The summed E-state index contributed by atoms with van der Waals surface area (Å²) in [5, 5.41) is 11.0. The second-order valence-electron chi connectivity index (χ2n) is 6.71. The van der Waals surface area contributed by atoms with E-state index in [0.29, 0.717) is 30.0 Å². The molecule has 1 fully saturated rings. The molecule has 0 unspecified atom stereocenters. The van der Waals surface area contributed by atoms with Crippen LogP contribution in [0.15, 0.2) is 40.9 Å². The van der Waals surface area contributed by atoms with Crippen molar-refractivity contribution in [1.29, 1.82) is 0 Å². The second kappa shape index (κ2) is 6.29. The Morgan fingerprint density at radius 2 is 1.70 bits per heavy atom. The number of sulfonamides is 1. The Kier molecular flexibility index (Phi) is 4.52. The fraction of sp³-hybridized carbons (Fsp3) is 0.556. The molecule has 0 amide bonds. The van der Waals surface area contributed by atoms with Crippen molar-refractivity contribution in [2.75, 3.05) is 6.54 Å². The molecule has 23 heavy (non-hydrogen) atoms. The van der Waals surface area contributed by atoms with Crippen LogP contribution in [0.5, 0.6) is 0 Å². The third-order valence-corrected chi connectivity index (χ3v) is 6.77. The molecular formula is C18H25NO3S. The highest BCUT2D eigenvalue weighted by atomic mass is 32.2. The Bertz CT molecular complexity index is 685. The molecular weight excluding hydrogens is 310 g/mol. The second-order valence-corrected chi connectivity index (χ2v) is 8.58. The van der Waals surface area contributed by atoms with E-state index in [9.17, 15) is 13.5 Å². The summed E-state index contributed by atoms with van der Waals surface area (Å²) < 4.78 is 27.6. The van der Waals surface area contributed by atoms with Crippen molar-refractivity contribution in [3.05, 3.63) is 41.6 Å². The first kappa shape index (κ1) is 16.5. The molecule has 1 aromatic rings. The lowest BCUT2D eigenvalue weighted by Crippen LogP contribution is -2.46. The van der Waals surface area contributed by atoms with Gasteiger partial charge in [-0.3, -0.25) is 4.31 Å². The summed E-state index contributed by atoms with van der Waals surface area (Å²) in [4.78, 5) is 0.301. The van der Waals surface area contributed by atoms with Crippen LogP contribution in [0.1, 0.15) is 50.5 Å². The summed E-state index contributed by atoms with van der Waals surface area (Å²) in [5.74, 6) is 0. The number of nitrogens with zero attached hydrogens (tertiary/aromatic N) is 1. The van der Waals surface area contributed by atoms with E-state index in [2.05, 4.69) is 0 Å². The maximum atomic E-state index is 13.1. The first-order valence-corrected chi connectivity index (χ1v) is 9.90. The van der Waals surface area contributed by atoms with Crippen molar-refractivity contribution in [3.8, 4) is 0 Å². The zero-order valence-corrected chi connectivity index (χ0v) is 14.5. The van der Waals surface area contributed by atoms with Crippen LogP contribution in [-0.2, 0) is 10.0 Å². The molecule has 1 aromatic carbocycles. The monoisotopic (exact) mass is 335 g/mol. The third kappa shape index (κ3) is 3.17. The first-order valence-electron chi connectivity index (χ1n) is 8.46. The Balaban J connectivity index is 1.97. The zero-order valence-electron chi connectivity index (χ0n) is 13.7. The summed E-state index contributed by atoms with van der Waals surface area (Å²) >= 11 is 0. The van der Waals surface area contributed by atoms with E-state index in [-0.39, 0.29) is 0 Å². The van der Waals surface area contributed by atoms with Crippen LogP contribution in [0, 0.1) is 6.92 Å². The van der Waals surface area contributed by atoms with Gasteiger partial charge in [-0.2, -0.15) is 0 Å². The standard InChI is InChI=1S/C18H25NO3S/c1-15-8-10-16(11-9-15)23(21,22)19-14-6-3-7-17(19)18(20)12-4-2-5-13-18/h7-11,20H,2-6,12-14H2,1H3. The summed E-state index contributed by atoms with van der Waals surface area (Å²) in [7, 11) is -3.61. The van der Waals surface area contributed by atoms with Crippen molar-refractivity contribution >= 4 is 10.0 Å².